The summed E-state index contributed by atoms with van der Waals surface area (Å²) in [6, 6.07) is 10.1. The highest BCUT2D eigenvalue weighted by molar-refractivity contribution is 5.85. The molecule has 2 rings (SSSR count). The number of nitrogens with one attached hydrogen (secondary N) is 1. The van der Waals surface area contributed by atoms with E-state index in [1.54, 1.807) is 0 Å². The molecular weight excluding hydrogens is 238 g/mol. The molecule has 0 unspecified atom stereocenters. The maximum Gasteiger partial charge on any atom is 0.314 e. The zero-order valence-electron chi connectivity index (χ0n) is 9.89. The molecule has 0 amide bonds. The summed E-state index contributed by atoms with van der Waals surface area (Å²) >= 11 is 0. The first kappa shape index (κ1) is 14.0. The summed E-state index contributed by atoms with van der Waals surface area (Å²) in [6.45, 7) is 0.991. The zero-order chi connectivity index (χ0) is 11.4. The van der Waals surface area contributed by atoms with E-state index in [1.165, 1.54) is 7.11 Å². The van der Waals surface area contributed by atoms with Gasteiger partial charge in [0.05, 0.1) is 13.0 Å². The van der Waals surface area contributed by atoms with Crippen LogP contribution in [0.1, 0.15) is 24.3 Å². The maximum atomic E-state index is 11.8. The van der Waals surface area contributed by atoms with E-state index in [1.807, 2.05) is 30.3 Å². The molecule has 0 spiro atoms. The molecule has 2 atom stereocenters. The van der Waals surface area contributed by atoms with Gasteiger partial charge in [-0.25, -0.2) is 0 Å². The van der Waals surface area contributed by atoms with Crippen LogP contribution in [0.2, 0.25) is 0 Å². The monoisotopic (exact) mass is 255 g/mol. The number of hydrogen-bond acceptors (Lipinski definition) is 3. The SMILES string of the molecule is COC(=O)[C@H](c1ccccc1)[C@@H]1CCCN1.Cl. The molecule has 0 aliphatic carbocycles. The Balaban J connectivity index is 0.00000144. The first-order valence-corrected chi connectivity index (χ1v) is 5.69. The summed E-state index contributed by atoms with van der Waals surface area (Å²) in [5, 5.41) is 3.37. The number of esters is 1. The van der Waals surface area contributed by atoms with Crippen molar-refractivity contribution in [2.45, 2.75) is 24.8 Å². The largest absolute Gasteiger partial charge is 0.469 e. The van der Waals surface area contributed by atoms with Gasteiger partial charge in [0.15, 0.2) is 0 Å². The molecule has 3 nitrogen and oxygen atoms in total. The molecule has 4 heteroatoms. The third kappa shape index (κ3) is 3.20. The fourth-order valence-electron chi connectivity index (χ4n) is 2.32. The second-order valence-corrected chi connectivity index (χ2v) is 4.11. The topological polar surface area (TPSA) is 38.3 Å². The number of benzene rings is 1. The quantitative estimate of drug-likeness (QED) is 0.841. The summed E-state index contributed by atoms with van der Waals surface area (Å²) in [5.74, 6) is -0.320. The van der Waals surface area contributed by atoms with Gasteiger partial charge in [-0.15, -0.1) is 12.4 Å². The Hall–Kier alpha value is -1.06. The van der Waals surface area contributed by atoms with E-state index < -0.39 is 0 Å². The van der Waals surface area contributed by atoms with Crippen LogP contribution in [0.4, 0.5) is 0 Å². The van der Waals surface area contributed by atoms with Gasteiger partial charge in [0.1, 0.15) is 0 Å². The molecule has 0 bridgehead atoms. The molecule has 1 fully saturated rings. The Morgan fingerprint density at radius 3 is 2.65 bits per heavy atom. The molecule has 0 saturated carbocycles. The van der Waals surface area contributed by atoms with Crippen molar-refractivity contribution in [2.75, 3.05) is 13.7 Å². The van der Waals surface area contributed by atoms with E-state index in [2.05, 4.69) is 5.32 Å². The average molecular weight is 256 g/mol. The Kier molecular flexibility index (Phi) is 5.45. The van der Waals surface area contributed by atoms with Crippen molar-refractivity contribution in [3.05, 3.63) is 35.9 Å². The molecule has 1 saturated heterocycles. The summed E-state index contributed by atoms with van der Waals surface area (Å²) in [7, 11) is 1.45. The van der Waals surface area contributed by atoms with Gasteiger partial charge in [-0.2, -0.15) is 0 Å². The smallest absolute Gasteiger partial charge is 0.314 e. The van der Waals surface area contributed by atoms with Crippen LogP contribution in [0.25, 0.3) is 0 Å². The highest BCUT2D eigenvalue weighted by Crippen LogP contribution is 2.26. The lowest BCUT2D eigenvalue weighted by Gasteiger charge is -2.21. The Morgan fingerprint density at radius 2 is 2.12 bits per heavy atom. The van der Waals surface area contributed by atoms with E-state index in [-0.39, 0.29) is 30.3 Å². The third-order valence-corrected chi connectivity index (χ3v) is 3.11. The van der Waals surface area contributed by atoms with Gasteiger partial charge < -0.3 is 10.1 Å². The Morgan fingerprint density at radius 1 is 1.41 bits per heavy atom. The van der Waals surface area contributed by atoms with Crippen molar-refractivity contribution in [1.29, 1.82) is 0 Å². The molecule has 1 aromatic carbocycles. The summed E-state index contributed by atoms with van der Waals surface area (Å²) in [6.07, 6.45) is 2.17. The van der Waals surface area contributed by atoms with Crippen LogP contribution in [0.3, 0.4) is 0 Å². The van der Waals surface area contributed by atoms with Gasteiger partial charge in [-0.05, 0) is 24.9 Å². The van der Waals surface area contributed by atoms with Crippen molar-refractivity contribution >= 4 is 18.4 Å². The lowest BCUT2D eigenvalue weighted by Crippen LogP contribution is -2.34. The maximum absolute atomic E-state index is 11.8. The molecule has 1 aliphatic rings. The van der Waals surface area contributed by atoms with Gasteiger partial charge >= 0.3 is 5.97 Å². The van der Waals surface area contributed by atoms with E-state index in [9.17, 15) is 4.79 Å². The molecule has 1 aliphatic heterocycles. The molecule has 1 N–H and O–H groups in total. The third-order valence-electron chi connectivity index (χ3n) is 3.11. The van der Waals surface area contributed by atoms with Crippen molar-refractivity contribution in [3.8, 4) is 0 Å². The standard InChI is InChI=1S/C13H17NO2.ClH/c1-16-13(15)12(11-8-5-9-14-11)10-6-3-2-4-7-10;/h2-4,6-7,11-12,14H,5,8-9H2,1H3;1H/t11-,12+;/m0./s1. The van der Waals surface area contributed by atoms with Gasteiger partial charge in [-0.3, -0.25) is 4.79 Å². The molecule has 1 aromatic rings. The van der Waals surface area contributed by atoms with Crippen LogP contribution >= 0.6 is 12.4 Å². The van der Waals surface area contributed by atoms with Crippen LogP contribution in [0.15, 0.2) is 30.3 Å². The first-order chi connectivity index (χ1) is 7.83. The van der Waals surface area contributed by atoms with Crippen LogP contribution in [-0.2, 0) is 9.53 Å². The predicted molar refractivity (Wildman–Crippen MR) is 69.5 cm³/mol. The normalized spacial score (nSPS) is 20.4. The van der Waals surface area contributed by atoms with Crippen molar-refractivity contribution in [3.63, 3.8) is 0 Å². The number of carbonyl (C=O) groups is 1. The second kappa shape index (κ2) is 6.62. The summed E-state index contributed by atoms with van der Waals surface area (Å²) in [4.78, 5) is 11.8. The number of methoxy groups -OCH3 is 1. The van der Waals surface area contributed by atoms with Gasteiger partial charge in [0.2, 0.25) is 0 Å². The lowest BCUT2D eigenvalue weighted by atomic mass is 9.90. The van der Waals surface area contributed by atoms with E-state index in [0.717, 1.165) is 24.9 Å². The molecule has 17 heavy (non-hydrogen) atoms. The first-order valence-electron chi connectivity index (χ1n) is 5.69. The molecule has 94 valence electrons. The predicted octanol–water partition coefficient (Wildman–Crippen LogP) is 2.12. The lowest BCUT2D eigenvalue weighted by molar-refractivity contribution is -0.143. The molecule has 0 radical (unpaired) electrons. The Bertz CT molecular complexity index is 350. The molecule has 0 aromatic heterocycles. The minimum Gasteiger partial charge on any atom is -0.469 e. The minimum absolute atomic E-state index is 0. The van der Waals surface area contributed by atoms with Crippen LogP contribution < -0.4 is 5.32 Å². The van der Waals surface area contributed by atoms with E-state index >= 15 is 0 Å². The highest BCUT2D eigenvalue weighted by Gasteiger charge is 2.32. The summed E-state index contributed by atoms with van der Waals surface area (Å²) < 4.78 is 4.90. The fourth-order valence-corrected chi connectivity index (χ4v) is 2.32. The zero-order valence-corrected chi connectivity index (χ0v) is 10.7. The average Bonchev–Trinajstić information content (AvgIpc) is 2.84. The number of ether oxygens (including phenoxy) is 1. The Labute approximate surface area is 108 Å². The van der Waals surface area contributed by atoms with Crippen LogP contribution in [0, 0.1) is 0 Å². The fraction of sp³-hybridized carbons (Fsp3) is 0.462. The van der Waals surface area contributed by atoms with E-state index in [0.29, 0.717) is 0 Å². The number of halogens is 1. The van der Waals surface area contributed by atoms with Crippen LogP contribution in [-0.4, -0.2) is 25.7 Å². The number of rotatable bonds is 3. The van der Waals surface area contributed by atoms with Crippen LogP contribution in [0.5, 0.6) is 0 Å². The van der Waals surface area contributed by atoms with Crippen molar-refractivity contribution in [2.24, 2.45) is 0 Å². The van der Waals surface area contributed by atoms with Crippen molar-refractivity contribution < 1.29 is 9.53 Å². The van der Waals surface area contributed by atoms with Gasteiger partial charge in [-0.1, -0.05) is 30.3 Å². The molecular formula is C13H18ClNO2. The summed E-state index contributed by atoms with van der Waals surface area (Å²) in [5.41, 5.74) is 1.04. The molecule has 1 heterocycles. The number of carbonyl (C=O) groups excluding carboxylic acids is 1. The van der Waals surface area contributed by atoms with Crippen molar-refractivity contribution in [1.82, 2.24) is 5.32 Å². The van der Waals surface area contributed by atoms with Gasteiger partial charge in [0.25, 0.3) is 0 Å². The second-order valence-electron chi connectivity index (χ2n) is 4.11. The highest BCUT2D eigenvalue weighted by atomic mass is 35.5. The minimum atomic E-state index is -0.173. The van der Waals surface area contributed by atoms with Gasteiger partial charge in [0, 0.05) is 6.04 Å². The van der Waals surface area contributed by atoms with E-state index in [4.69, 9.17) is 4.74 Å². The number of hydrogen-bond donors (Lipinski definition) is 1.